The summed E-state index contributed by atoms with van der Waals surface area (Å²) in [5, 5.41) is 2.50. The van der Waals surface area contributed by atoms with E-state index < -0.39 is 47.4 Å². The molecule has 0 spiro atoms. The number of carbonyl (C=O) groups is 2. The predicted molar refractivity (Wildman–Crippen MR) is 111 cm³/mol. The minimum atomic E-state index is -4.83. The number of amides is 2. The number of aromatic nitrogens is 2. The van der Waals surface area contributed by atoms with Crippen molar-refractivity contribution < 1.29 is 36.3 Å². The van der Waals surface area contributed by atoms with Crippen LogP contribution in [0.4, 0.5) is 26.7 Å². The highest BCUT2D eigenvalue weighted by Gasteiger charge is 2.43. The Hall–Kier alpha value is -3.31. The van der Waals surface area contributed by atoms with Crippen LogP contribution < -0.4 is 5.32 Å². The molecule has 0 bridgehead atoms. The summed E-state index contributed by atoms with van der Waals surface area (Å²) in [5.74, 6) is -2.20. The van der Waals surface area contributed by atoms with E-state index in [4.69, 9.17) is 4.74 Å². The van der Waals surface area contributed by atoms with Crippen LogP contribution in [-0.4, -0.2) is 51.2 Å². The lowest BCUT2D eigenvalue weighted by atomic mass is 10.1. The molecule has 0 unspecified atom stereocenters. The number of alkyl halides is 4. The van der Waals surface area contributed by atoms with Gasteiger partial charge in [0.1, 0.15) is 30.0 Å². The van der Waals surface area contributed by atoms with E-state index in [1.807, 2.05) is 0 Å². The van der Waals surface area contributed by atoms with Crippen LogP contribution in [0.15, 0.2) is 30.6 Å². The fourth-order valence-electron chi connectivity index (χ4n) is 3.42. The normalized spacial score (nSPS) is 18.6. The SMILES string of the molecule is CC(C)(C)OC(=O)N1CC[C@H](F)[C@H]1C(=O)NCc1cc(-c2ccc(C(F)(F)F)c(F)c2)ncn1. The molecule has 2 heterocycles. The van der Waals surface area contributed by atoms with Crippen molar-refractivity contribution in [2.75, 3.05) is 6.54 Å². The maximum Gasteiger partial charge on any atom is 0.419 e. The Bertz CT molecular complexity index is 1070. The Morgan fingerprint density at radius 1 is 1.18 bits per heavy atom. The molecule has 0 aliphatic carbocycles. The zero-order valence-corrected chi connectivity index (χ0v) is 18.6. The topological polar surface area (TPSA) is 84.4 Å². The molecule has 2 amide bonds. The fraction of sp³-hybridized carbons (Fsp3) is 0.455. The number of nitrogens with zero attached hydrogens (tertiary/aromatic N) is 3. The maximum absolute atomic E-state index is 14.4. The highest BCUT2D eigenvalue weighted by molar-refractivity contribution is 5.87. The maximum atomic E-state index is 14.4. The zero-order chi connectivity index (χ0) is 25.3. The number of rotatable bonds is 4. The lowest BCUT2D eigenvalue weighted by Gasteiger charge is -2.28. The third-order valence-corrected chi connectivity index (χ3v) is 4.96. The van der Waals surface area contributed by atoms with Crippen molar-refractivity contribution in [3.8, 4) is 11.3 Å². The van der Waals surface area contributed by atoms with Gasteiger partial charge in [0.15, 0.2) is 0 Å². The molecule has 1 N–H and O–H groups in total. The van der Waals surface area contributed by atoms with Crippen LogP contribution in [0, 0.1) is 5.82 Å². The van der Waals surface area contributed by atoms with Gasteiger partial charge in [-0.15, -0.1) is 0 Å². The summed E-state index contributed by atoms with van der Waals surface area (Å²) in [7, 11) is 0. The fourth-order valence-corrected chi connectivity index (χ4v) is 3.42. The van der Waals surface area contributed by atoms with Gasteiger partial charge in [-0.05, 0) is 45.4 Å². The van der Waals surface area contributed by atoms with Crippen molar-refractivity contribution in [1.29, 1.82) is 0 Å². The smallest absolute Gasteiger partial charge is 0.419 e. The largest absolute Gasteiger partial charge is 0.444 e. The number of ether oxygens (including phenoxy) is 1. The monoisotopic (exact) mass is 486 g/mol. The average Bonchev–Trinajstić information content (AvgIpc) is 3.12. The molecule has 2 atom stereocenters. The number of carbonyl (C=O) groups excluding carboxylic acids is 2. The summed E-state index contributed by atoms with van der Waals surface area (Å²) in [6.45, 7) is 4.79. The standard InChI is InChI=1S/C22H23F5N4O3/c1-21(2,3)34-20(33)31-7-6-15(23)18(31)19(32)28-10-13-9-17(30-11-29-13)12-4-5-14(16(24)8-12)22(25,26)27/h4-5,8-9,11,15,18H,6-7,10H2,1-3H3,(H,28,32)/t15-,18-/m0/s1. The molecular formula is C22H23F5N4O3. The highest BCUT2D eigenvalue weighted by atomic mass is 19.4. The van der Waals surface area contributed by atoms with Gasteiger partial charge in [0, 0.05) is 12.1 Å². The first-order valence-corrected chi connectivity index (χ1v) is 10.4. The number of benzene rings is 1. The van der Waals surface area contributed by atoms with Crippen molar-refractivity contribution in [3.63, 3.8) is 0 Å². The minimum Gasteiger partial charge on any atom is -0.444 e. The Kier molecular flexibility index (Phi) is 7.08. The highest BCUT2D eigenvalue weighted by Crippen LogP contribution is 2.33. The third kappa shape index (κ3) is 5.97. The van der Waals surface area contributed by atoms with Crippen LogP contribution in [-0.2, 0) is 22.3 Å². The van der Waals surface area contributed by atoms with Gasteiger partial charge in [-0.2, -0.15) is 13.2 Å². The molecule has 1 fully saturated rings. The summed E-state index contributed by atoms with van der Waals surface area (Å²) in [6, 6.07) is 2.37. The van der Waals surface area contributed by atoms with Crippen molar-refractivity contribution in [3.05, 3.63) is 47.7 Å². The van der Waals surface area contributed by atoms with Gasteiger partial charge in [0.25, 0.3) is 0 Å². The van der Waals surface area contributed by atoms with Gasteiger partial charge in [-0.25, -0.2) is 23.5 Å². The van der Waals surface area contributed by atoms with Gasteiger partial charge in [-0.1, -0.05) is 6.07 Å². The van der Waals surface area contributed by atoms with E-state index in [1.165, 1.54) is 6.07 Å². The quantitative estimate of drug-likeness (QED) is 0.653. The molecule has 1 saturated heterocycles. The van der Waals surface area contributed by atoms with Crippen LogP contribution in [0.5, 0.6) is 0 Å². The average molecular weight is 486 g/mol. The van der Waals surface area contributed by atoms with Gasteiger partial charge < -0.3 is 10.1 Å². The first-order valence-electron chi connectivity index (χ1n) is 10.4. The third-order valence-electron chi connectivity index (χ3n) is 4.96. The molecule has 3 rings (SSSR count). The second-order valence-electron chi connectivity index (χ2n) is 8.73. The molecule has 1 aromatic heterocycles. The number of nitrogens with one attached hydrogen (secondary N) is 1. The molecule has 1 aliphatic rings. The molecule has 1 aliphatic heterocycles. The van der Waals surface area contributed by atoms with Crippen LogP contribution in [0.3, 0.4) is 0 Å². The Labute approximate surface area is 192 Å². The lowest BCUT2D eigenvalue weighted by molar-refractivity contribution is -0.140. The van der Waals surface area contributed by atoms with Crippen LogP contribution in [0.25, 0.3) is 11.3 Å². The molecule has 34 heavy (non-hydrogen) atoms. The van der Waals surface area contributed by atoms with E-state index >= 15 is 0 Å². The number of likely N-dealkylation sites (tertiary alicyclic amines) is 1. The van der Waals surface area contributed by atoms with E-state index in [9.17, 15) is 31.5 Å². The Morgan fingerprint density at radius 2 is 1.88 bits per heavy atom. The number of hydrogen-bond acceptors (Lipinski definition) is 5. The summed E-state index contributed by atoms with van der Waals surface area (Å²) in [5.41, 5.74) is -1.76. The lowest BCUT2D eigenvalue weighted by Crippen LogP contribution is -2.50. The number of halogens is 5. The molecule has 12 heteroatoms. The van der Waals surface area contributed by atoms with Crippen molar-refractivity contribution in [2.24, 2.45) is 0 Å². The van der Waals surface area contributed by atoms with Gasteiger partial charge >= 0.3 is 12.3 Å². The van der Waals surface area contributed by atoms with Gasteiger partial charge in [-0.3, -0.25) is 9.69 Å². The predicted octanol–water partition coefficient (Wildman–Crippen LogP) is 4.27. The van der Waals surface area contributed by atoms with E-state index in [2.05, 4.69) is 15.3 Å². The Morgan fingerprint density at radius 3 is 2.50 bits per heavy atom. The van der Waals surface area contributed by atoms with Crippen molar-refractivity contribution in [1.82, 2.24) is 20.2 Å². The molecule has 0 radical (unpaired) electrons. The van der Waals surface area contributed by atoms with Crippen LogP contribution in [0.1, 0.15) is 38.4 Å². The van der Waals surface area contributed by atoms with Crippen LogP contribution >= 0.6 is 0 Å². The zero-order valence-electron chi connectivity index (χ0n) is 18.6. The van der Waals surface area contributed by atoms with E-state index in [-0.39, 0.29) is 36.5 Å². The summed E-state index contributed by atoms with van der Waals surface area (Å²) >= 11 is 0. The van der Waals surface area contributed by atoms with E-state index in [0.717, 1.165) is 17.3 Å². The minimum absolute atomic E-state index is 0.0192. The van der Waals surface area contributed by atoms with Gasteiger partial charge in [0.05, 0.1) is 23.5 Å². The Balaban J connectivity index is 1.70. The molecular weight excluding hydrogens is 463 g/mol. The van der Waals surface area contributed by atoms with E-state index in [1.54, 1.807) is 20.8 Å². The molecule has 7 nitrogen and oxygen atoms in total. The first-order chi connectivity index (χ1) is 15.8. The van der Waals surface area contributed by atoms with Crippen LogP contribution in [0.2, 0.25) is 0 Å². The first kappa shape index (κ1) is 25.3. The van der Waals surface area contributed by atoms with Gasteiger partial charge in [0.2, 0.25) is 5.91 Å². The number of hydrogen-bond donors (Lipinski definition) is 1. The molecule has 184 valence electrons. The van der Waals surface area contributed by atoms with E-state index in [0.29, 0.717) is 12.1 Å². The summed E-state index contributed by atoms with van der Waals surface area (Å²) < 4.78 is 71.8. The molecule has 1 aromatic carbocycles. The molecule has 0 saturated carbocycles. The summed E-state index contributed by atoms with van der Waals surface area (Å²) in [6.07, 6.45) is -6.13. The van der Waals surface area contributed by atoms with Crippen molar-refractivity contribution >= 4 is 12.0 Å². The second-order valence-corrected chi connectivity index (χ2v) is 8.73. The second kappa shape index (κ2) is 9.51. The molecule has 2 aromatic rings. The summed E-state index contributed by atoms with van der Waals surface area (Å²) in [4.78, 5) is 33.9. The van der Waals surface area contributed by atoms with Crippen molar-refractivity contribution in [2.45, 2.75) is 57.7 Å².